The summed E-state index contributed by atoms with van der Waals surface area (Å²) in [6.07, 6.45) is 3.60. The van der Waals surface area contributed by atoms with E-state index in [1.165, 1.54) is 18.6 Å². The van der Waals surface area contributed by atoms with Crippen molar-refractivity contribution in [3.63, 3.8) is 0 Å². The van der Waals surface area contributed by atoms with E-state index >= 15 is 0 Å². The normalized spacial score (nSPS) is 11.7. The number of anilines is 1. The van der Waals surface area contributed by atoms with Gasteiger partial charge >= 0.3 is 11.9 Å². The molecule has 0 aromatic carbocycles. The van der Waals surface area contributed by atoms with Crippen LogP contribution in [-0.2, 0) is 9.59 Å². The largest absolute Gasteiger partial charge is 0.481 e. The summed E-state index contributed by atoms with van der Waals surface area (Å²) in [7, 11) is 0. The molecule has 1 heterocycles. The number of hydrogen-bond acceptors (Lipinski definition) is 5. The van der Waals surface area contributed by atoms with E-state index in [2.05, 4.69) is 15.3 Å². The van der Waals surface area contributed by atoms with E-state index in [-0.39, 0.29) is 5.82 Å². The van der Waals surface area contributed by atoms with Crippen LogP contribution in [0.25, 0.3) is 0 Å². The highest BCUT2D eigenvalue weighted by Crippen LogP contribution is 2.04. The van der Waals surface area contributed by atoms with Crippen LogP contribution in [0.2, 0.25) is 0 Å². The van der Waals surface area contributed by atoms with Crippen LogP contribution in [0.15, 0.2) is 18.6 Å². The van der Waals surface area contributed by atoms with Crippen LogP contribution in [0.4, 0.5) is 5.82 Å². The molecular formula is C8H9N3O4. The summed E-state index contributed by atoms with van der Waals surface area (Å²) < 4.78 is 0. The summed E-state index contributed by atoms with van der Waals surface area (Å²) in [5, 5.41) is 19.6. The Kier molecular flexibility index (Phi) is 3.55. The first-order valence-electron chi connectivity index (χ1n) is 4.06. The van der Waals surface area contributed by atoms with Gasteiger partial charge in [0.25, 0.3) is 0 Å². The highest BCUT2D eigenvalue weighted by Gasteiger charge is 2.20. The first-order chi connectivity index (χ1) is 7.09. The Labute approximate surface area is 84.8 Å². The average molecular weight is 211 g/mol. The third-order valence-electron chi connectivity index (χ3n) is 1.56. The fraction of sp³-hybridized carbons (Fsp3) is 0.250. The number of carbonyl (C=O) groups is 2. The van der Waals surface area contributed by atoms with E-state index in [1.807, 2.05) is 0 Å². The maximum Gasteiger partial charge on any atom is 0.326 e. The molecule has 1 unspecified atom stereocenters. The van der Waals surface area contributed by atoms with Gasteiger partial charge in [-0.05, 0) is 0 Å². The molecule has 0 aliphatic carbocycles. The van der Waals surface area contributed by atoms with E-state index in [1.54, 1.807) is 0 Å². The van der Waals surface area contributed by atoms with Gasteiger partial charge in [-0.25, -0.2) is 9.78 Å². The molecule has 0 spiro atoms. The van der Waals surface area contributed by atoms with Crippen LogP contribution in [0.1, 0.15) is 6.42 Å². The molecule has 7 heteroatoms. The fourth-order valence-corrected chi connectivity index (χ4v) is 0.927. The van der Waals surface area contributed by atoms with Gasteiger partial charge in [0, 0.05) is 12.4 Å². The van der Waals surface area contributed by atoms with Gasteiger partial charge < -0.3 is 15.5 Å². The number of carboxylic acid groups (broad SMARTS) is 2. The Bertz CT molecular complexity index is 354. The molecule has 15 heavy (non-hydrogen) atoms. The zero-order chi connectivity index (χ0) is 11.3. The standard InChI is InChI=1S/C8H9N3O4/c12-7(13)3-5(8(14)15)11-6-4-9-1-2-10-6/h1-2,4-5H,3H2,(H,10,11)(H,12,13)(H,14,15). The molecule has 0 saturated carbocycles. The molecule has 1 rings (SSSR count). The molecule has 0 aliphatic heterocycles. The van der Waals surface area contributed by atoms with E-state index in [4.69, 9.17) is 10.2 Å². The third-order valence-corrected chi connectivity index (χ3v) is 1.56. The smallest absolute Gasteiger partial charge is 0.326 e. The van der Waals surface area contributed by atoms with Crippen molar-refractivity contribution >= 4 is 17.8 Å². The van der Waals surface area contributed by atoms with Crippen LogP contribution in [-0.4, -0.2) is 38.2 Å². The Morgan fingerprint density at radius 3 is 2.60 bits per heavy atom. The van der Waals surface area contributed by atoms with Gasteiger partial charge in [-0.2, -0.15) is 0 Å². The lowest BCUT2D eigenvalue weighted by molar-refractivity contribution is -0.144. The summed E-state index contributed by atoms with van der Waals surface area (Å²) >= 11 is 0. The number of carboxylic acids is 2. The molecule has 0 fully saturated rings. The molecule has 0 amide bonds. The molecule has 0 saturated heterocycles. The SMILES string of the molecule is O=C(O)CC(Nc1cnccn1)C(=O)O. The lowest BCUT2D eigenvalue weighted by Gasteiger charge is -2.11. The maximum absolute atomic E-state index is 10.7. The Morgan fingerprint density at radius 1 is 1.40 bits per heavy atom. The summed E-state index contributed by atoms with van der Waals surface area (Å²) in [5.74, 6) is -2.21. The fourth-order valence-electron chi connectivity index (χ4n) is 0.927. The average Bonchev–Trinajstić information content (AvgIpc) is 2.17. The zero-order valence-corrected chi connectivity index (χ0v) is 7.62. The second kappa shape index (κ2) is 4.89. The van der Waals surface area contributed by atoms with Crippen molar-refractivity contribution in [2.45, 2.75) is 12.5 Å². The van der Waals surface area contributed by atoms with Gasteiger partial charge in [0.1, 0.15) is 11.9 Å². The minimum atomic E-state index is -1.25. The van der Waals surface area contributed by atoms with Gasteiger partial charge in [-0.15, -0.1) is 0 Å². The minimum Gasteiger partial charge on any atom is -0.481 e. The van der Waals surface area contributed by atoms with Gasteiger partial charge in [-0.1, -0.05) is 0 Å². The van der Waals surface area contributed by atoms with Crippen LogP contribution in [0.3, 0.4) is 0 Å². The van der Waals surface area contributed by atoms with Crippen molar-refractivity contribution in [2.24, 2.45) is 0 Å². The van der Waals surface area contributed by atoms with Crippen LogP contribution in [0.5, 0.6) is 0 Å². The van der Waals surface area contributed by atoms with Crippen molar-refractivity contribution in [3.8, 4) is 0 Å². The molecule has 0 bridgehead atoms. The van der Waals surface area contributed by atoms with Gasteiger partial charge in [0.15, 0.2) is 0 Å². The number of nitrogens with one attached hydrogen (secondary N) is 1. The summed E-state index contributed by atoms with van der Waals surface area (Å²) in [4.78, 5) is 28.5. The predicted octanol–water partition coefficient (Wildman–Crippen LogP) is -0.184. The number of aromatic nitrogens is 2. The highest BCUT2D eigenvalue weighted by molar-refractivity contribution is 5.83. The van der Waals surface area contributed by atoms with Crippen molar-refractivity contribution in [1.82, 2.24) is 9.97 Å². The van der Waals surface area contributed by atoms with Crippen LogP contribution in [0, 0.1) is 0 Å². The molecule has 7 nitrogen and oxygen atoms in total. The molecule has 1 atom stereocenters. The van der Waals surface area contributed by atoms with Crippen molar-refractivity contribution in [1.29, 1.82) is 0 Å². The predicted molar refractivity (Wildman–Crippen MR) is 49.3 cm³/mol. The minimum absolute atomic E-state index is 0.228. The van der Waals surface area contributed by atoms with Gasteiger partial charge in [-0.3, -0.25) is 9.78 Å². The third kappa shape index (κ3) is 3.59. The highest BCUT2D eigenvalue weighted by atomic mass is 16.4. The van der Waals surface area contributed by atoms with E-state index < -0.39 is 24.4 Å². The lowest BCUT2D eigenvalue weighted by atomic mass is 10.2. The first kappa shape index (κ1) is 10.9. The maximum atomic E-state index is 10.7. The Morgan fingerprint density at radius 2 is 2.13 bits per heavy atom. The molecule has 0 aliphatic rings. The summed E-state index contributed by atoms with van der Waals surface area (Å²) in [5.41, 5.74) is 0. The Hall–Kier alpha value is -2.18. The van der Waals surface area contributed by atoms with Gasteiger partial charge in [0.2, 0.25) is 0 Å². The number of rotatable bonds is 5. The molecular weight excluding hydrogens is 202 g/mol. The molecule has 80 valence electrons. The molecule has 1 aromatic heterocycles. The summed E-state index contributed by atoms with van der Waals surface area (Å²) in [6.45, 7) is 0. The van der Waals surface area contributed by atoms with Crippen LogP contribution < -0.4 is 5.32 Å². The second-order valence-electron chi connectivity index (χ2n) is 2.72. The Balaban J connectivity index is 2.67. The van der Waals surface area contributed by atoms with E-state index in [0.717, 1.165) is 0 Å². The van der Waals surface area contributed by atoms with Crippen molar-refractivity contribution in [3.05, 3.63) is 18.6 Å². The first-order valence-corrected chi connectivity index (χ1v) is 4.06. The van der Waals surface area contributed by atoms with Gasteiger partial charge in [0.05, 0.1) is 12.6 Å². The van der Waals surface area contributed by atoms with E-state index in [0.29, 0.717) is 0 Å². The topological polar surface area (TPSA) is 112 Å². The van der Waals surface area contributed by atoms with Crippen molar-refractivity contribution < 1.29 is 19.8 Å². The summed E-state index contributed by atoms with van der Waals surface area (Å²) in [6, 6.07) is -1.21. The molecule has 1 aromatic rings. The number of nitrogens with zero attached hydrogens (tertiary/aromatic N) is 2. The van der Waals surface area contributed by atoms with Crippen molar-refractivity contribution in [2.75, 3.05) is 5.32 Å². The number of hydrogen-bond donors (Lipinski definition) is 3. The quantitative estimate of drug-likeness (QED) is 0.618. The zero-order valence-electron chi connectivity index (χ0n) is 7.62. The number of aliphatic carboxylic acids is 2. The van der Waals surface area contributed by atoms with E-state index in [9.17, 15) is 9.59 Å². The molecule has 3 N–H and O–H groups in total. The monoisotopic (exact) mass is 211 g/mol. The van der Waals surface area contributed by atoms with Crippen LogP contribution >= 0.6 is 0 Å². The second-order valence-corrected chi connectivity index (χ2v) is 2.72. The lowest BCUT2D eigenvalue weighted by Crippen LogP contribution is -2.32. The molecule has 0 radical (unpaired) electrons.